The summed E-state index contributed by atoms with van der Waals surface area (Å²) in [5.41, 5.74) is 4.62. The van der Waals surface area contributed by atoms with Crippen molar-refractivity contribution in [1.82, 2.24) is 19.8 Å². The summed E-state index contributed by atoms with van der Waals surface area (Å²) in [5.74, 6) is 1.35. The zero-order chi connectivity index (χ0) is 23.9. The number of benzene rings is 3. The van der Waals surface area contributed by atoms with E-state index in [2.05, 4.69) is 80.4 Å². The lowest BCUT2D eigenvalue weighted by atomic mass is 9.96. The first-order chi connectivity index (χ1) is 17.3. The Labute approximate surface area is 208 Å². The first kappa shape index (κ1) is 23.2. The zero-order valence-corrected chi connectivity index (χ0v) is 20.3. The average Bonchev–Trinajstić information content (AvgIpc) is 2.91. The van der Waals surface area contributed by atoms with Crippen LogP contribution in [0.4, 0.5) is 0 Å². The monoisotopic (exact) mass is 464 g/mol. The molecule has 35 heavy (non-hydrogen) atoms. The molecule has 5 heteroatoms. The van der Waals surface area contributed by atoms with Crippen LogP contribution in [0.2, 0.25) is 0 Å². The van der Waals surface area contributed by atoms with Crippen molar-refractivity contribution < 1.29 is 4.74 Å². The molecule has 0 atom stereocenters. The summed E-state index contributed by atoms with van der Waals surface area (Å²) in [5, 5.41) is 0. The smallest absolute Gasteiger partial charge is 0.217 e. The molecule has 178 valence electrons. The summed E-state index contributed by atoms with van der Waals surface area (Å²) in [6.45, 7) is 7.59. The molecule has 2 heterocycles. The van der Waals surface area contributed by atoms with Crippen LogP contribution in [-0.4, -0.2) is 59.1 Å². The minimum absolute atomic E-state index is 0.288. The van der Waals surface area contributed by atoms with E-state index in [0.717, 1.165) is 44.0 Å². The Bertz CT molecular complexity index is 1150. The lowest BCUT2D eigenvalue weighted by molar-refractivity contribution is 0.0971. The molecule has 4 aromatic rings. The Kier molecular flexibility index (Phi) is 7.47. The molecule has 0 radical (unpaired) electrons. The van der Waals surface area contributed by atoms with E-state index in [-0.39, 0.29) is 6.04 Å². The van der Waals surface area contributed by atoms with Crippen LogP contribution in [0.15, 0.2) is 97.1 Å². The van der Waals surface area contributed by atoms with Crippen LogP contribution in [0.5, 0.6) is 5.88 Å². The van der Waals surface area contributed by atoms with Crippen LogP contribution in [0.3, 0.4) is 0 Å². The molecule has 5 nitrogen and oxygen atoms in total. The minimum atomic E-state index is 0.288. The number of piperazine rings is 1. The predicted octanol–water partition coefficient (Wildman–Crippen LogP) is 5.24. The summed E-state index contributed by atoms with van der Waals surface area (Å²) in [7, 11) is 0. The third kappa shape index (κ3) is 5.94. The molecule has 1 fully saturated rings. The average molecular weight is 465 g/mol. The fourth-order valence-corrected chi connectivity index (χ4v) is 4.74. The minimum Gasteiger partial charge on any atom is -0.476 e. The van der Waals surface area contributed by atoms with Gasteiger partial charge in [0.25, 0.3) is 0 Å². The second-order valence-corrected chi connectivity index (χ2v) is 8.99. The van der Waals surface area contributed by atoms with Crippen molar-refractivity contribution >= 4 is 0 Å². The molecular formula is C30H32N4O. The van der Waals surface area contributed by atoms with Gasteiger partial charge in [-0.2, -0.15) is 4.98 Å². The van der Waals surface area contributed by atoms with Gasteiger partial charge in [0.2, 0.25) is 5.88 Å². The summed E-state index contributed by atoms with van der Waals surface area (Å²) >= 11 is 0. The van der Waals surface area contributed by atoms with E-state index in [1.165, 1.54) is 11.1 Å². The van der Waals surface area contributed by atoms with Crippen molar-refractivity contribution in [2.45, 2.75) is 13.0 Å². The maximum absolute atomic E-state index is 6.06. The fourth-order valence-electron chi connectivity index (χ4n) is 4.74. The molecule has 0 bridgehead atoms. The quantitative estimate of drug-likeness (QED) is 0.357. The van der Waals surface area contributed by atoms with Gasteiger partial charge in [0.05, 0.1) is 6.04 Å². The molecule has 0 saturated carbocycles. The molecule has 3 aromatic carbocycles. The molecule has 0 unspecified atom stereocenters. The number of nitrogens with zero attached hydrogens (tertiary/aromatic N) is 4. The van der Waals surface area contributed by atoms with E-state index < -0.39 is 0 Å². The third-order valence-electron chi connectivity index (χ3n) is 6.52. The van der Waals surface area contributed by atoms with Gasteiger partial charge in [0, 0.05) is 50.0 Å². The van der Waals surface area contributed by atoms with Crippen molar-refractivity contribution in [3.05, 3.63) is 114 Å². The lowest BCUT2D eigenvalue weighted by Gasteiger charge is -2.39. The van der Waals surface area contributed by atoms with Crippen LogP contribution < -0.4 is 4.74 Å². The van der Waals surface area contributed by atoms with Gasteiger partial charge in [-0.25, -0.2) is 4.98 Å². The molecule has 0 N–H and O–H groups in total. The van der Waals surface area contributed by atoms with Crippen LogP contribution in [0.1, 0.15) is 22.9 Å². The van der Waals surface area contributed by atoms with Crippen LogP contribution >= 0.6 is 0 Å². The summed E-state index contributed by atoms with van der Waals surface area (Å²) in [4.78, 5) is 14.3. The molecule has 1 aromatic heterocycles. The Balaban J connectivity index is 1.17. The molecule has 1 aliphatic heterocycles. The first-order valence-electron chi connectivity index (χ1n) is 12.4. The normalized spacial score (nSPS) is 14.8. The second kappa shape index (κ2) is 11.3. The lowest BCUT2D eigenvalue weighted by Crippen LogP contribution is -2.48. The zero-order valence-electron chi connectivity index (χ0n) is 20.3. The molecule has 1 aliphatic rings. The van der Waals surface area contributed by atoms with Gasteiger partial charge >= 0.3 is 0 Å². The van der Waals surface area contributed by atoms with Gasteiger partial charge in [-0.15, -0.1) is 0 Å². The largest absolute Gasteiger partial charge is 0.476 e. The van der Waals surface area contributed by atoms with E-state index in [1.54, 1.807) is 0 Å². The number of rotatable bonds is 8. The van der Waals surface area contributed by atoms with Crippen LogP contribution in [-0.2, 0) is 0 Å². The highest BCUT2D eigenvalue weighted by molar-refractivity contribution is 5.55. The van der Waals surface area contributed by atoms with E-state index >= 15 is 0 Å². The fraction of sp³-hybridized carbons (Fsp3) is 0.267. The van der Waals surface area contributed by atoms with Crippen LogP contribution in [0.25, 0.3) is 11.4 Å². The third-order valence-corrected chi connectivity index (χ3v) is 6.52. The van der Waals surface area contributed by atoms with Crippen molar-refractivity contribution in [1.29, 1.82) is 0 Å². The van der Waals surface area contributed by atoms with Crippen molar-refractivity contribution in [2.75, 3.05) is 39.3 Å². The Morgan fingerprint density at radius 2 is 1.31 bits per heavy atom. The summed E-state index contributed by atoms with van der Waals surface area (Å²) in [6.07, 6.45) is 0. The number of hydrogen-bond donors (Lipinski definition) is 0. The molecule has 0 aliphatic carbocycles. The molecule has 0 spiro atoms. The molecular weight excluding hydrogens is 432 g/mol. The van der Waals surface area contributed by atoms with Crippen molar-refractivity contribution in [3.63, 3.8) is 0 Å². The van der Waals surface area contributed by atoms with Gasteiger partial charge in [-0.1, -0.05) is 91.0 Å². The molecule has 0 amide bonds. The van der Waals surface area contributed by atoms with Crippen LogP contribution in [0, 0.1) is 6.92 Å². The van der Waals surface area contributed by atoms with E-state index in [0.29, 0.717) is 18.3 Å². The Morgan fingerprint density at radius 3 is 1.91 bits per heavy atom. The summed E-state index contributed by atoms with van der Waals surface area (Å²) < 4.78 is 6.06. The molecule has 5 rings (SSSR count). The number of hydrogen-bond acceptors (Lipinski definition) is 5. The van der Waals surface area contributed by atoms with E-state index in [1.807, 2.05) is 43.3 Å². The Morgan fingerprint density at radius 1 is 0.743 bits per heavy atom. The SMILES string of the molecule is Cc1cc(OCCN2CCN(C(c3ccccc3)c3ccccc3)CC2)nc(-c2ccccc2)n1. The van der Waals surface area contributed by atoms with Gasteiger partial charge in [0.15, 0.2) is 5.82 Å². The second-order valence-electron chi connectivity index (χ2n) is 8.99. The highest BCUT2D eigenvalue weighted by Crippen LogP contribution is 2.29. The predicted molar refractivity (Wildman–Crippen MR) is 140 cm³/mol. The summed E-state index contributed by atoms with van der Waals surface area (Å²) in [6, 6.07) is 33.9. The molecule has 1 saturated heterocycles. The highest BCUT2D eigenvalue weighted by atomic mass is 16.5. The van der Waals surface area contributed by atoms with Gasteiger partial charge in [-0.05, 0) is 18.1 Å². The van der Waals surface area contributed by atoms with E-state index in [9.17, 15) is 0 Å². The number of aryl methyl sites for hydroxylation is 1. The van der Waals surface area contributed by atoms with Crippen molar-refractivity contribution in [3.8, 4) is 17.3 Å². The Hall–Kier alpha value is -3.54. The number of ether oxygens (including phenoxy) is 1. The maximum Gasteiger partial charge on any atom is 0.217 e. The highest BCUT2D eigenvalue weighted by Gasteiger charge is 2.26. The maximum atomic E-state index is 6.06. The van der Waals surface area contributed by atoms with Crippen molar-refractivity contribution in [2.24, 2.45) is 0 Å². The topological polar surface area (TPSA) is 41.5 Å². The number of aromatic nitrogens is 2. The van der Waals surface area contributed by atoms with E-state index in [4.69, 9.17) is 4.74 Å². The first-order valence-corrected chi connectivity index (χ1v) is 12.4. The van der Waals surface area contributed by atoms with Gasteiger partial charge in [0.1, 0.15) is 6.61 Å². The van der Waals surface area contributed by atoms with Gasteiger partial charge < -0.3 is 4.74 Å². The standard InChI is InChI=1S/C30H32N4O/c1-24-23-28(32-30(31-24)27-15-9-4-10-16-27)35-22-21-33-17-19-34(20-18-33)29(25-11-5-2-6-12-25)26-13-7-3-8-14-26/h2-16,23,29H,17-22H2,1H3. The van der Waals surface area contributed by atoms with Gasteiger partial charge in [-0.3, -0.25) is 9.80 Å².